The van der Waals surface area contributed by atoms with E-state index in [2.05, 4.69) is 23.7 Å². The van der Waals surface area contributed by atoms with Gasteiger partial charge in [0.15, 0.2) is 0 Å². The SMILES string of the molecule is CC(C)(C)c1cc(C(F)(F)F)ccc1O.CC(C)(C)c1cc(OC(F)(F)F)ccc1CO.CC(C)(C)c1cc(OC(F)(F)F)ccc1CO.CC(C)(C)c1cc(OC(F)(F)F)ccc1O.CC(C)(C)c1ccc(OC(F)(F)F)cc1.CC(C)(C)c1cccc(OC(F)(F)F)c1. The van der Waals surface area contributed by atoms with E-state index in [1.165, 1.54) is 72.8 Å². The van der Waals surface area contributed by atoms with Crippen LogP contribution >= 0.6 is 0 Å². The zero-order chi connectivity index (χ0) is 74.3. The smallest absolute Gasteiger partial charge is 0.508 e. The van der Waals surface area contributed by atoms with E-state index in [1.54, 1.807) is 65.8 Å². The summed E-state index contributed by atoms with van der Waals surface area (Å²) in [5.74, 6) is -1.35. The third kappa shape index (κ3) is 33.7. The normalized spacial score (nSPS) is 12.7. The summed E-state index contributed by atoms with van der Waals surface area (Å²) in [6, 6.07) is 26.3. The Morgan fingerprint density at radius 2 is 0.526 bits per heavy atom. The van der Waals surface area contributed by atoms with Crippen molar-refractivity contribution in [3.8, 4) is 40.2 Å². The second-order valence-corrected chi connectivity index (χ2v) is 27.2. The zero-order valence-electron chi connectivity index (χ0n) is 55.6. The van der Waals surface area contributed by atoms with E-state index in [9.17, 15) is 89.2 Å². The maximum atomic E-state index is 12.4. The van der Waals surface area contributed by atoms with Gasteiger partial charge in [-0.15, -0.1) is 65.9 Å². The summed E-state index contributed by atoms with van der Waals surface area (Å²) in [7, 11) is 0. The van der Waals surface area contributed by atoms with E-state index in [4.69, 9.17) is 10.2 Å². The van der Waals surface area contributed by atoms with Gasteiger partial charge in [-0.3, -0.25) is 0 Å². The second kappa shape index (κ2) is 32.5. The number of aliphatic hydroxyl groups excluding tert-OH is 2. The summed E-state index contributed by atoms with van der Waals surface area (Å²) in [5.41, 5.74) is 2.31. The van der Waals surface area contributed by atoms with Crippen molar-refractivity contribution in [1.29, 1.82) is 0 Å². The first-order valence-corrected chi connectivity index (χ1v) is 28.6. The van der Waals surface area contributed by atoms with Crippen molar-refractivity contribution in [3.63, 3.8) is 0 Å². The Morgan fingerprint density at radius 1 is 0.263 bits per heavy atom. The molecule has 95 heavy (non-hydrogen) atoms. The molecule has 6 aromatic rings. The first kappa shape index (κ1) is 85.6. The monoisotopic (exact) mass is 1380 g/mol. The number of benzene rings is 6. The number of hydrogen-bond acceptors (Lipinski definition) is 9. The number of halogens is 18. The van der Waals surface area contributed by atoms with Crippen molar-refractivity contribution < 1.29 is 123 Å². The van der Waals surface area contributed by atoms with Gasteiger partial charge in [0.25, 0.3) is 0 Å². The Morgan fingerprint density at radius 3 is 0.821 bits per heavy atom. The van der Waals surface area contributed by atoms with Gasteiger partial charge in [0.1, 0.15) is 40.2 Å². The first-order chi connectivity index (χ1) is 42.3. The van der Waals surface area contributed by atoms with Gasteiger partial charge in [0, 0.05) is 5.56 Å². The van der Waals surface area contributed by atoms with E-state index >= 15 is 0 Å². The molecule has 6 rings (SSSR count). The molecule has 0 fully saturated rings. The number of hydrogen-bond donors (Lipinski definition) is 4. The highest BCUT2D eigenvalue weighted by molar-refractivity contribution is 5.45. The second-order valence-electron chi connectivity index (χ2n) is 27.2. The summed E-state index contributed by atoms with van der Waals surface area (Å²) in [6.45, 7) is 33.1. The molecule has 6 aromatic carbocycles. The average Bonchev–Trinajstić information content (AvgIpc) is 0.842. The number of phenolic OH excluding ortho intramolecular Hbond substituents is 2. The average molecular weight is 1390 g/mol. The van der Waals surface area contributed by atoms with Gasteiger partial charge < -0.3 is 44.1 Å². The van der Waals surface area contributed by atoms with Crippen molar-refractivity contribution >= 4 is 0 Å². The number of aliphatic hydroxyl groups is 2. The van der Waals surface area contributed by atoms with Crippen LogP contribution in [0.5, 0.6) is 40.2 Å². The maximum Gasteiger partial charge on any atom is 0.573 e. The highest BCUT2D eigenvalue weighted by Gasteiger charge is 2.37. The molecule has 0 bridgehead atoms. The Balaban J connectivity index is 0.000000570. The lowest BCUT2D eigenvalue weighted by Gasteiger charge is -2.23. The van der Waals surface area contributed by atoms with Crippen LogP contribution in [-0.2, 0) is 51.9 Å². The Hall–Kier alpha value is -7.42. The molecule has 0 spiro atoms. The summed E-state index contributed by atoms with van der Waals surface area (Å²) in [5, 5.41) is 37.3. The van der Waals surface area contributed by atoms with Gasteiger partial charge in [0.2, 0.25) is 0 Å². The van der Waals surface area contributed by atoms with E-state index in [-0.39, 0.29) is 75.1 Å². The van der Waals surface area contributed by atoms with Gasteiger partial charge in [0.05, 0.1) is 18.8 Å². The lowest BCUT2D eigenvalue weighted by molar-refractivity contribution is -0.275. The Labute approximate surface area is 541 Å². The van der Waals surface area contributed by atoms with Crippen LogP contribution in [0.1, 0.15) is 175 Å². The minimum Gasteiger partial charge on any atom is -0.508 e. The molecule has 0 aromatic heterocycles. The highest BCUT2D eigenvalue weighted by atomic mass is 19.4. The Kier molecular flexibility index (Phi) is 29.3. The molecule has 0 aliphatic carbocycles. The lowest BCUT2D eigenvalue weighted by Crippen LogP contribution is -2.19. The molecule has 0 radical (unpaired) electrons. The molecule has 534 valence electrons. The molecular weight excluding hydrogens is 1300 g/mol. The number of phenols is 2. The number of aromatic hydroxyl groups is 2. The quantitative estimate of drug-likeness (QED) is 0.116. The van der Waals surface area contributed by atoms with Crippen LogP contribution in [0.15, 0.2) is 121 Å². The topological polar surface area (TPSA) is 127 Å². The van der Waals surface area contributed by atoms with Crippen LogP contribution in [0.25, 0.3) is 0 Å². The fourth-order valence-electron chi connectivity index (χ4n) is 8.12. The predicted octanol–water partition coefficient (Wildman–Crippen LogP) is 21.8. The van der Waals surface area contributed by atoms with E-state index < -0.39 is 54.4 Å². The molecular formula is C68H82F18O9. The fourth-order valence-corrected chi connectivity index (χ4v) is 8.12. The standard InChI is InChI=1S/2C12H15F3O2.C11H13F3O2.3C11H13F3O/c2*1-11(2,3)10-6-9(17-12(13,14)15)5-4-8(10)7-16;1-10(2,3)8-6-7(4-5-9(8)15)16-11(12,13)14;1-10(2,3)8-4-6-9(7-5-8)15-11(12,13)14;1-10(2,3)8-6-7(11(12,13)14)4-5-9(8)15;1-10(2,3)8-5-4-6-9(7-8)15-11(12,13)14/h2*4-6,16H,7H2,1-3H3;4-6,15H,1-3H3;4-7H,1-3H3;4-6,15H,1-3H3;4-7H,1-3H3. The summed E-state index contributed by atoms with van der Waals surface area (Å²) in [4.78, 5) is 0. The van der Waals surface area contributed by atoms with Crippen LogP contribution in [0, 0.1) is 0 Å². The molecule has 0 aliphatic heterocycles. The van der Waals surface area contributed by atoms with E-state index in [1.807, 2.05) is 83.1 Å². The minimum atomic E-state index is -4.72. The molecule has 27 heteroatoms. The summed E-state index contributed by atoms with van der Waals surface area (Å²) in [6.07, 6.45) is -27.7. The summed E-state index contributed by atoms with van der Waals surface area (Å²) < 4.78 is 236. The molecule has 9 nitrogen and oxygen atoms in total. The van der Waals surface area contributed by atoms with Gasteiger partial charge in [-0.2, -0.15) is 13.2 Å². The molecule has 0 amide bonds. The zero-order valence-corrected chi connectivity index (χ0v) is 55.6. The van der Waals surface area contributed by atoms with Crippen LogP contribution < -0.4 is 23.7 Å². The molecule has 0 saturated heterocycles. The van der Waals surface area contributed by atoms with E-state index in [0.717, 1.165) is 35.4 Å². The molecule has 0 unspecified atom stereocenters. The predicted molar refractivity (Wildman–Crippen MR) is 324 cm³/mol. The third-order valence-electron chi connectivity index (χ3n) is 12.6. The van der Waals surface area contributed by atoms with Crippen molar-refractivity contribution in [2.24, 2.45) is 0 Å². The largest absolute Gasteiger partial charge is 0.573 e. The maximum absolute atomic E-state index is 12.4. The van der Waals surface area contributed by atoms with Gasteiger partial charge >= 0.3 is 38.0 Å². The van der Waals surface area contributed by atoms with Crippen molar-refractivity contribution in [2.75, 3.05) is 0 Å². The first-order valence-electron chi connectivity index (χ1n) is 28.6. The molecule has 0 saturated carbocycles. The van der Waals surface area contributed by atoms with E-state index in [0.29, 0.717) is 33.4 Å². The fraction of sp³-hybridized carbons (Fsp3) is 0.471. The molecule has 0 aliphatic rings. The van der Waals surface area contributed by atoms with Crippen LogP contribution in [0.4, 0.5) is 79.0 Å². The number of rotatable bonds is 7. The van der Waals surface area contributed by atoms with Crippen molar-refractivity contribution in [3.05, 3.63) is 171 Å². The van der Waals surface area contributed by atoms with Gasteiger partial charge in [-0.05, 0) is 156 Å². The van der Waals surface area contributed by atoms with Crippen molar-refractivity contribution in [1.82, 2.24) is 0 Å². The number of ether oxygens (including phenoxy) is 5. The van der Waals surface area contributed by atoms with Gasteiger partial charge in [-0.25, -0.2) is 0 Å². The Bertz CT molecular complexity index is 3250. The summed E-state index contributed by atoms with van der Waals surface area (Å²) >= 11 is 0. The van der Waals surface area contributed by atoms with Crippen LogP contribution in [0.2, 0.25) is 0 Å². The van der Waals surface area contributed by atoms with Crippen molar-refractivity contribution in [2.45, 2.75) is 208 Å². The van der Waals surface area contributed by atoms with Gasteiger partial charge in [-0.1, -0.05) is 161 Å². The number of alkyl halides is 18. The molecule has 4 N–H and O–H groups in total. The lowest BCUT2D eigenvalue weighted by atomic mass is 9.84. The minimum absolute atomic E-state index is 0.0398. The molecule has 0 heterocycles. The molecule has 0 atom stereocenters. The highest BCUT2D eigenvalue weighted by Crippen LogP contribution is 2.40. The van der Waals surface area contributed by atoms with Crippen LogP contribution in [-0.4, -0.2) is 52.2 Å². The van der Waals surface area contributed by atoms with Crippen LogP contribution in [0.3, 0.4) is 0 Å². The third-order valence-corrected chi connectivity index (χ3v) is 12.6.